The number of aromatic nitrogens is 2. The summed E-state index contributed by atoms with van der Waals surface area (Å²) in [7, 11) is 0. The molecule has 0 bridgehead atoms. The molecule has 46 heavy (non-hydrogen) atoms. The number of hydrogen-bond donors (Lipinski definition) is 0. The smallest absolute Gasteiger partial charge is 0.154 e. The van der Waals surface area contributed by atoms with Crippen LogP contribution < -0.4 is 9.64 Å². The van der Waals surface area contributed by atoms with Crippen LogP contribution in [0.25, 0.3) is 55.0 Å². The van der Waals surface area contributed by atoms with E-state index in [-0.39, 0.29) is 0 Å². The summed E-state index contributed by atoms with van der Waals surface area (Å²) in [6.07, 6.45) is 0. The zero-order valence-corrected chi connectivity index (χ0v) is 24.8. The maximum Gasteiger partial charge on any atom is 0.154 e. The van der Waals surface area contributed by atoms with Crippen LogP contribution in [-0.4, -0.2) is 9.13 Å². The van der Waals surface area contributed by atoms with E-state index in [0.29, 0.717) is 0 Å². The van der Waals surface area contributed by atoms with Gasteiger partial charge in [0.05, 0.1) is 27.8 Å². The van der Waals surface area contributed by atoms with Crippen molar-refractivity contribution in [2.75, 3.05) is 4.90 Å². The van der Waals surface area contributed by atoms with Crippen LogP contribution >= 0.6 is 0 Å². The first-order valence-corrected chi connectivity index (χ1v) is 15.6. The number of nitrogens with zero attached hydrogens (tertiary/aromatic N) is 3. The lowest BCUT2D eigenvalue weighted by Crippen LogP contribution is -2.10. The van der Waals surface area contributed by atoms with Crippen molar-refractivity contribution in [2.24, 2.45) is 0 Å². The Bertz CT molecular complexity index is 2580. The van der Waals surface area contributed by atoms with Gasteiger partial charge in [0.2, 0.25) is 0 Å². The number of para-hydroxylation sites is 6. The second-order valence-corrected chi connectivity index (χ2v) is 11.8. The molecule has 0 saturated carbocycles. The summed E-state index contributed by atoms with van der Waals surface area (Å²) in [5.41, 5.74) is 10.0. The van der Waals surface area contributed by atoms with Gasteiger partial charge in [-0.15, -0.1) is 0 Å². The topological polar surface area (TPSA) is 22.3 Å². The number of hydrogen-bond acceptors (Lipinski definition) is 2. The monoisotopic (exact) mass is 589 g/mol. The number of fused-ring (bicyclic) bond motifs is 9. The first-order valence-electron chi connectivity index (χ1n) is 15.6. The molecule has 216 valence electrons. The van der Waals surface area contributed by atoms with Crippen molar-refractivity contribution in [1.82, 2.24) is 9.13 Å². The zero-order valence-electron chi connectivity index (χ0n) is 24.8. The van der Waals surface area contributed by atoms with Crippen LogP contribution in [0.3, 0.4) is 0 Å². The van der Waals surface area contributed by atoms with E-state index in [2.05, 4.69) is 172 Å². The highest BCUT2D eigenvalue weighted by atomic mass is 16.5. The van der Waals surface area contributed by atoms with Gasteiger partial charge in [-0.05, 0) is 66.7 Å². The predicted molar refractivity (Wildman–Crippen MR) is 190 cm³/mol. The number of benzene rings is 7. The summed E-state index contributed by atoms with van der Waals surface area (Å²) in [6.45, 7) is 0. The number of rotatable bonds is 4. The van der Waals surface area contributed by atoms with E-state index in [1.165, 1.54) is 27.1 Å². The fourth-order valence-corrected chi connectivity index (χ4v) is 7.40. The highest BCUT2D eigenvalue weighted by Crippen LogP contribution is 2.50. The summed E-state index contributed by atoms with van der Waals surface area (Å²) in [6, 6.07) is 58.0. The van der Waals surface area contributed by atoms with E-state index in [1.807, 2.05) is 6.07 Å². The van der Waals surface area contributed by atoms with Crippen molar-refractivity contribution in [3.05, 3.63) is 164 Å². The van der Waals surface area contributed by atoms with E-state index < -0.39 is 0 Å². The van der Waals surface area contributed by atoms with Gasteiger partial charge in [-0.1, -0.05) is 91.0 Å². The third-order valence-electron chi connectivity index (χ3n) is 9.24. The lowest BCUT2D eigenvalue weighted by atomic mass is 10.0. The Morgan fingerprint density at radius 2 is 1.00 bits per heavy atom. The van der Waals surface area contributed by atoms with Crippen LogP contribution in [-0.2, 0) is 0 Å². The van der Waals surface area contributed by atoms with Crippen molar-refractivity contribution in [3.8, 4) is 22.9 Å². The summed E-state index contributed by atoms with van der Waals surface area (Å²) >= 11 is 0. The Hall–Kier alpha value is -6.26. The first-order chi connectivity index (χ1) is 22.8. The average Bonchev–Trinajstić information content (AvgIpc) is 3.63. The molecule has 0 aliphatic carbocycles. The number of anilines is 3. The molecule has 9 aromatic rings. The molecule has 0 radical (unpaired) electrons. The normalized spacial score (nSPS) is 12.1. The first kappa shape index (κ1) is 25.1. The SMILES string of the molecule is c1ccc(N(c2ccccc2)c2cccc(-n3c4ccccc4c4c5c6ccccc6n6c5c(cc43)Oc3ccccc3-6)c2)cc1. The van der Waals surface area contributed by atoms with Gasteiger partial charge in [0.25, 0.3) is 0 Å². The van der Waals surface area contributed by atoms with Crippen LogP contribution in [0, 0.1) is 0 Å². The molecule has 0 spiro atoms. The van der Waals surface area contributed by atoms with Crippen LogP contribution in [0.2, 0.25) is 0 Å². The standard InChI is InChI=1S/C42H27N3O/c1-3-14-28(15-4-1)43(29-16-5-2-6-17-29)30-18-13-19-31(26-30)44-34-22-9-7-20-32(34)40-37(44)27-39-42-41(40)33-21-8-10-23-35(33)45(42)36-24-11-12-25-38(36)46-39/h1-27H. The van der Waals surface area contributed by atoms with Crippen LogP contribution in [0.15, 0.2) is 164 Å². The Morgan fingerprint density at radius 1 is 0.413 bits per heavy atom. The van der Waals surface area contributed by atoms with Crippen molar-refractivity contribution < 1.29 is 4.74 Å². The third kappa shape index (κ3) is 3.49. The quantitative estimate of drug-likeness (QED) is 0.204. The highest BCUT2D eigenvalue weighted by molar-refractivity contribution is 6.30. The van der Waals surface area contributed by atoms with Crippen molar-refractivity contribution in [2.45, 2.75) is 0 Å². The molecular weight excluding hydrogens is 562 g/mol. The molecule has 2 aromatic heterocycles. The zero-order chi connectivity index (χ0) is 30.2. The van der Waals surface area contributed by atoms with Gasteiger partial charge in [-0.2, -0.15) is 0 Å². The minimum atomic E-state index is 0.864. The molecule has 4 nitrogen and oxygen atoms in total. The second kappa shape index (κ2) is 9.62. The summed E-state index contributed by atoms with van der Waals surface area (Å²) in [5, 5.41) is 4.90. The van der Waals surface area contributed by atoms with E-state index in [1.54, 1.807) is 0 Å². The predicted octanol–water partition coefficient (Wildman–Crippen LogP) is 11.5. The van der Waals surface area contributed by atoms with Gasteiger partial charge in [0, 0.05) is 50.4 Å². The minimum Gasteiger partial charge on any atom is -0.453 e. The van der Waals surface area contributed by atoms with Crippen molar-refractivity contribution in [1.29, 1.82) is 0 Å². The molecule has 0 unspecified atom stereocenters. The van der Waals surface area contributed by atoms with E-state index in [9.17, 15) is 0 Å². The second-order valence-electron chi connectivity index (χ2n) is 11.8. The van der Waals surface area contributed by atoms with Crippen LogP contribution in [0.5, 0.6) is 11.5 Å². The Morgan fingerprint density at radius 3 is 1.74 bits per heavy atom. The van der Waals surface area contributed by atoms with Gasteiger partial charge in [-0.3, -0.25) is 0 Å². The summed E-state index contributed by atoms with van der Waals surface area (Å²) < 4.78 is 11.5. The Balaban J connectivity index is 1.30. The molecule has 7 aromatic carbocycles. The highest BCUT2D eigenvalue weighted by Gasteiger charge is 2.28. The van der Waals surface area contributed by atoms with Crippen LogP contribution in [0.1, 0.15) is 0 Å². The molecule has 3 heterocycles. The molecular formula is C42H27N3O. The van der Waals surface area contributed by atoms with Gasteiger partial charge in [-0.25, -0.2) is 0 Å². The van der Waals surface area contributed by atoms with E-state index in [0.717, 1.165) is 56.5 Å². The Kier molecular flexibility index (Phi) is 5.25. The molecule has 0 N–H and O–H groups in total. The maximum atomic E-state index is 6.71. The lowest BCUT2D eigenvalue weighted by molar-refractivity contribution is 0.477. The van der Waals surface area contributed by atoms with Crippen molar-refractivity contribution in [3.63, 3.8) is 0 Å². The fraction of sp³-hybridized carbons (Fsp3) is 0. The maximum absolute atomic E-state index is 6.71. The average molecular weight is 590 g/mol. The number of ether oxygens (including phenoxy) is 1. The molecule has 0 saturated heterocycles. The third-order valence-corrected chi connectivity index (χ3v) is 9.24. The molecule has 10 rings (SSSR count). The van der Waals surface area contributed by atoms with E-state index >= 15 is 0 Å². The van der Waals surface area contributed by atoms with Gasteiger partial charge in [0.15, 0.2) is 11.5 Å². The summed E-state index contributed by atoms with van der Waals surface area (Å²) in [4.78, 5) is 2.31. The van der Waals surface area contributed by atoms with Crippen molar-refractivity contribution >= 4 is 60.7 Å². The van der Waals surface area contributed by atoms with Gasteiger partial charge < -0.3 is 18.8 Å². The fourth-order valence-electron chi connectivity index (χ4n) is 7.40. The molecule has 0 amide bonds. The van der Waals surface area contributed by atoms with Gasteiger partial charge in [0.1, 0.15) is 0 Å². The molecule has 0 fully saturated rings. The minimum absolute atomic E-state index is 0.864. The lowest BCUT2D eigenvalue weighted by Gasteiger charge is -2.26. The molecule has 1 aliphatic rings. The summed E-state index contributed by atoms with van der Waals surface area (Å²) in [5.74, 6) is 1.73. The van der Waals surface area contributed by atoms with Crippen LogP contribution in [0.4, 0.5) is 17.1 Å². The molecule has 0 atom stereocenters. The largest absolute Gasteiger partial charge is 0.453 e. The van der Waals surface area contributed by atoms with E-state index in [4.69, 9.17) is 4.74 Å². The molecule has 1 aliphatic heterocycles. The van der Waals surface area contributed by atoms with Gasteiger partial charge >= 0.3 is 0 Å². The Labute approximate surface area is 265 Å². The molecule has 4 heteroatoms.